The first-order valence-corrected chi connectivity index (χ1v) is 8.18. The topological polar surface area (TPSA) is 59.6 Å². The van der Waals surface area contributed by atoms with E-state index in [4.69, 9.17) is 9.47 Å². The molecule has 0 saturated carbocycles. The minimum Gasteiger partial charge on any atom is -0.454 e. The van der Waals surface area contributed by atoms with Gasteiger partial charge < -0.3 is 20.1 Å². The van der Waals surface area contributed by atoms with Gasteiger partial charge >= 0.3 is 0 Å². The average molecular weight is 324 g/mol. The zero-order chi connectivity index (χ0) is 16.5. The molecule has 0 aromatic heterocycles. The summed E-state index contributed by atoms with van der Waals surface area (Å²) in [6.07, 6.45) is 0. The van der Waals surface area contributed by atoms with Crippen molar-refractivity contribution in [1.29, 1.82) is 0 Å². The van der Waals surface area contributed by atoms with Crippen LogP contribution in [0.5, 0.6) is 11.5 Å². The lowest BCUT2D eigenvalue weighted by molar-refractivity contribution is -0.122. The van der Waals surface area contributed by atoms with Gasteiger partial charge in [-0.15, -0.1) is 0 Å². The zero-order valence-corrected chi connectivity index (χ0v) is 13.6. The number of nitrogens with one attached hydrogen (secondary N) is 2. The molecule has 0 fully saturated rings. The van der Waals surface area contributed by atoms with E-state index in [1.54, 1.807) is 0 Å². The molecule has 4 rings (SSSR count). The molecule has 5 heteroatoms. The summed E-state index contributed by atoms with van der Waals surface area (Å²) in [5, 5.41) is 6.39. The summed E-state index contributed by atoms with van der Waals surface area (Å²) in [5.74, 6) is 1.40. The van der Waals surface area contributed by atoms with E-state index in [9.17, 15) is 4.79 Å². The third kappa shape index (κ3) is 2.71. The van der Waals surface area contributed by atoms with Gasteiger partial charge in [-0.1, -0.05) is 24.3 Å². The smallest absolute Gasteiger partial charge is 0.231 e. The van der Waals surface area contributed by atoms with Gasteiger partial charge in [0.05, 0.1) is 5.92 Å². The fourth-order valence-corrected chi connectivity index (χ4v) is 3.43. The van der Waals surface area contributed by atoms with E-state index in [-0.39, 0.29) is 18.6 Å². The van der Waals surface area contributed by atoms with Crippen molar-refractivity contribution in [2.45, 2.75) is 25.9 Å². The first kappa shape index (κ1) is 15.0. The molecule has 0 saturated heterocycles. The van der Waals surface area contributed by atoms with Crippen LogP contribution in [-0.2, 0) is 17.9 Å². The fourth-order valence-electron chi connectivity index (χ4n) is 3.43. The number of ether oxygens (including phenoxy) is 2. The quantitative estimate of drug-likeness (QED) is 0.909. The second kappa shape index (κ2) is 6.17. The van der Waals surface area contributed by atoms with Crippen LogP contribution >= 0.6 is 0 Å². The molecule has 0 aliphatic carbocycles. The molecule has 0 bridgehead atoms. The van der Waals surface area contributed by atoms with Gasteiger partial charge in [-0.25, -0.2) is 0 Å². The minimum absolute atomic E-state index is 0.0513. The number of benzene rings is 2. The maximum atomic E-state index is 12.7. The molecule has 2 aliphatic heterocycles. The van der Waals surface area contributed by atoms with Crippen LogP contribution in [0.4, 0.5) is 0 Å². The molecule has 2 aliphatic rings. The summed E-state index contributed by atoms with van der Waals surface area (Å²) in [6.45, 7) is 4.30. The van der Waals surface area contributed by atoms with E-state index in [2.05, 4.69) is 29.7 Å². The average Bonchev–Trinajstić information content (AvgIpc) is 3.07. The highest BCUT2D eigenvalue weighted by molar-refractivity contribution is 5.85. The van der Waals surface area contributed by atoms with Crippen LogP contribution in [0.25, 0.3) is 0 Å². The molecule has 1 atom stereocenters. The Hall–Kier alpha value is -2.53. The van der Waals surface area contributed by atoms with Crippen LogP contribution in [0.15, 0.2) is 36.4 Å². The van der Waals surface area contributed by atoms with Crippen LogP contribution in [0, 0.1) is 6.92 Å². The molecule has 2 heterocycles. The lowest BCUT2D eigenvalue weighted by Crippen LogP contribution is -2.39. The highest BCUT2D eigenvalue weighted by atomic mass is 16.7. The normalized spacial score (nSPS) is 18.1. The maximum absolute atomic E-state index is 12.7. The molecule has 24 heavy (non-hydrogen) atoms. The summed E-state index contributed by atoms with van der Waals surface area (Å²) in [6, 6.07) is 12.0. The van der Waals surface area contributed by atoms with Gasteiger partial charge in [0.1, 0.15) is 0 Å². The highest BCUT2D eigenvalue weighted by Crippen LogP contribution is 2.32. The molecule has 1 amide bonds. The molecule has 0 spiro atoms. The number of carbonyl (C=O) groups is 1. The Labute approximate surface area is 141 Å². The molecule has 1 unspecified atom stereocenters. The Morgan fingerprint density at radius 1 is 1.25 bits per heavy atom. The van der Waals surface area contributed by atoms with Crippen LogP contribution in [0.3, 0.4) is 0 Å². The standard InChI is InChI=1S/C19H20N2O3/c1-12-3-2-4-14-9-20-10-15(18(12)14)19(22)21-8-13-5-6-16-17(7-13)24-11-23-16/h2-7,15,20H,8-11H2,1H3,(H,21,22). The van der Waals surface area contributed by atoms with Crippen molar-refractivity contribution in [3.63, 3.8) is 0 Å². The third-order valence-corrected chi connectivity index (χ3v) is 4.65. The van der Waals surface area contributed by atoms with Crippen molar-refractivity contribution < 1.29 is 14.3 Å². The number of hydrogen-bond acceptors (Lipinski definition) is 4. The number of fused-ring (bicyclic) bond motifs is 2. The molecule has 2 aromatic rings. The van der Waals surface area contributed by atoms with E-state index in [1.807, 2.05) is 24.3 Å². The molecule has 2 N–H and O–H groups in total. The van der Waals surface area contributed by atoms with Crippen molar-refractivity contribution >= 4 is 5.91 Å². The largest absolute Gasteiger partial charge is 0.454 e. The molecule has 2 aromatic carbocycles. The Morgan fingerprint density at radius 3 is 3.04 bits per heavy atom. The molecular formula is C19H20N2O3. The van der Waals surface area contributed by atoms with Crippen molar-refractivity contribution in [1.82, 2.24) is 10.6 Å². The van der Waals surface area contributed by atoms with Crippen molar-refractivity contribution in [3.05, 3.63) is 58.7 Å². The third-order valence-electron chi connectivity index (χ3n) is 4.65. The number of amides is 1. The van der Waals surface area contributed by atoms with Gasteiger partial charge in [0.25, 0.3) is 0 Å². The van der Waals surface area contributed by atoms with Crippen LogP contribution in [0.2, 0.25) is 0 Å². The van der Waals surface area contributed by atoms with E-state index < -0.39 is 0 Å². The molecule has 124 valence electrons. The molecular weight excluding hydrogens is 304 g/mol. The maximum Gasteiger partial charge on any atom is 0.231 e. The van der Waals surface area contributed by atoms with Crippen LogP contribution < -0.4 is 20.1 Å². The van der Waals surface area contributed by atoms with Crippen molar-refractivity contribution in [3.8, 4) is 11.5 Å². The minimum atomic E-state index is -0.149. The Kier molecular flexibility index (Phi) is 3.86. The first-order valence-electron chi connectivity index (χ1n) is 8.18. The van der Waals surface area contributed by atoms with Gasteiger partial charge in [0.2, 0.25) is 12.7 Å². The lowest BCUT2D eigenvalue weighted by atomic mass is 9.86. The Morgan fingerprint density at radius 2 is 2.12 bits per heavy atom. The number of hydrogen-bond donors (Lipinski definition) is 2. The summed E-state index contributed by atoms with van der Waals surface area (Å²) in [4.78, 5) is 12.7. The van der Waals surface area contributed by atoms with Gasteiger partial charge in [-0.05, 0) is 41.3 Å². The molecule has 0 radical (unpaired) electrons. The molecule has 5 nitrogen and oxygen atoms in total. The summed E-state index contributed by atoms with van der Waals surface area (Å²) in [7, 11) is 0. The van der Waals surface area contributed by atoms with Crippen molar-refractivity contribution in [2.75, 3.05) is 13.3 Å². The van der Waals surface area contributed by atoms with Gasteiger partial charge in [-0.3, -0.25) is 4.79 Å². The Balaban J connectivity index is 1.48. The number of aryl methyl sites for hydroxylation is 1. The first-order chi connectivity index (χ1) is 11.7. The van der Waals surface area contributed by atoms with E-state index >= 15 is 0 Å². The van der Waals surface area contributed by atoms with Crippen LogP contribution in [0.1, 0.15) is 28.2 Å². The van der Waals surface area contributed by atoms with Gasteiger partial charge in [-0.2, -0.15) is 0 Å². The Bertz CT molecular complexity index is 788. The predicted molar refractivity (Wildman–Crippen MR) is 90.0 cm³/mol. The van der Waals surface area contributed by atoms with Crippen molar-refractivity contribution in [2.24, 2.45) is 0 Å². The summed E-state index contributed by atoms with van der Waals surface area (Å²) >= 11 is 0. The van der Waals surface area contributed by atoms with Gasteiger partial charge in [0, 0.05) is 19.6 Å². The van der Waals surface area contributed by atoms with E-state index in [1.165, 1.54) is 16.7 Å². The second-order valence-corrected chi connectivity index (χ2v) is 6.24. The van der Waals surface area contributed by atoms with Crippen LogP contribution in [-0.4, -0.2) is 19.2 Å². The van der Waals surface area contributed by atoms with E-state index in [0.29, 0.717) is 13.1 Å². The van der Waals surface area contributed by atoms with E-state index in [0.717, 1.165) is 23.6 Å². The highest BCUT2D eigenvalue weighted by Gasteiger charge is 2.27. The predicted octanol–water partition coefficient (Wildman–Crippen LogP) is 2.23. The zero-order valence-electron chi connectivity index (χ0n) is 13.6. The summed E-state index contributed by atoms with van der Waals surface area (Å²) in [5.41, 5.74) is 4.56. The monoisotopic (exact) mass is 324 g/mol. The number of carbonyl (C=O) groups excluding carboxylic acids is 1. The second-order valence-electron chi connectivity index (χ2n) is 6.24. The van der Waals surface area contributed by atoms with Gasteiger partial charge in [0.15, 0.2) is 11.5 Å². The number of rotatable bonds is 3. The lowest BCUT2D eigenvalue weighted by Gasteiger charge is -2.27. The SMILES string of the molecule is Cc1cccc2c1C(C(=O)NCc1ccc3c(c1)OCO3)CNC2. The fraction of sp³-hybridized carbons (Fsp3) is 0.316. The summed E-state index contributed by atoms with van der Waals surface area (Å²) < 4.78 is 10.7.